The van der Waals surface area contributed by atoms with E-state index in [1.165, 1.54) is 71.3 Å². The van der Waals surface area contributed by atoms with Crippen LogP contribution in [0.5, 0.6) is 0 Å². The molecule has 47 heavy (non-hydrogen) atoms. The summed E-state index contributed by atoms with van der Waals surface area (Å²) in [4.78, 5) is 0. The third-order valence-corrected chi connectivity index (χ3v) is 9.04. The molecule has 8 aromatic carbocycles. The molecule has 9 aromatic rings. The zero-order valence-electron chi connectivity index (χ0n) is 26.3. The van der Waals surface area contributed by atoms with Crippen LogP contribution in [0.25, 0.3) is 71.3 Å². The zero-order chi connectivity index (χ0) is 31.6. The molecule has 0 aliphatic rings. The Morgan fingerprint density at radius 1 is 0.404 bits per heavy atom. The van der Waals surface area contributed by atoms with Crippen molar-refractivity contribution in [2.45, 2.75) is 0 Å². The predicted octanol–water partition coefficient (Wildman–Crippen LogP) is 12.2. The van der Waals surface area contributed by atoms with Crippen LogP contribution in [-0.4, -0.2) is 11.6 Å². The second-order valence-corrected chi connectivity index (χ2v) is 11.8. The minimum absolute atomic E-state index is 1.12. The van der Waals surface area contributed by atoms with Gasteiger partial charge in [0.15, 0.2) is 0 Å². The van der Waals surface area contributed by atoms with Crippen molar-refractivity contribution in [2.24, 2.45) is 0 Å². The van der Waals surface area contributed by atoms with E-state index in [0.717, 1.165) is 5.69 Å². The number of rotatable bonds is 4. The van der Waals surface area contributed by atoms with Gasteiger partial charge in [-0.2, -0.15) is 0 Å². The molecular formula is C45H34N2. The minimum Gasteiger partial charge on any atom is -0.388 e. The van der Waals surface area contributed by atoms with Crippen molar-refractivity contribution in [1.29, 1.82) is 0 Å². The third kappa shape index (κ3) is 5.30. The van der Waals surface area contributed by atoms with E-state index in [0.29, 0.717) is 0 Å². The van der Waals surface area contributed by atoms with Crippen LogP contribution in [-0.2, 0) is 0 Å². The Labute approximate surface area is 275 Å². The molecule has 1 heterocycles. The van der Waals surface area contributed by atoms with Crippen molar-refractivity contribution in [3.8, 4) is 27.9 Å². The molecule has 1 N–H and O–H groups in total. The van der Waals surface area contributed by atoms with Gasteiger partial charge in [0.1, 0.15) is 0 Å². The molecule has 0 aliphatic heterocycles. The first-order valence-electron chi connectivity index (χ1n) is 16.1. The highest BCUT2D eigenvalue weighted by atomic mass is 15.0. The first kappa shape index (κ1) is 28.4. The Bertz CT molecular complexity index is 2440. The fraction of sp³-hybridized carbons (Fsp3) is 0.0222. The first-order valence-corrected chi connectivity index (χ1v) is 16.1. The fourth-order valence-electron chi connectivity index (χ4n) is 6.72. The van der Waals surface area contributed by atoms with Gasteiger partial charge >= 0.3 is 0 Å². The topological polar surface area (TPSA) is 17.0 Å². The minimum atomic E-state index is 1.12. The van der Waals surface area contributed by atoms with Crippen molar-refractivity contribution >= 4 is 49.0 Å². The summed E-state index contributed by atoms with van der Waals surface area (Å²) in [5, 5.41) is 10.8. The van der Waals surface area contributed by atoms with Gasteiger partial charge in [-0.3, -0.25) is 0 Å². The van der Waals surface area contributed by atoms with Crippen LogP contribution in [0.15, 0.2) is 182 Å². The lowest BCUT2D eigenvalue weighted by Gasteiger charge is -2.10. The van der Waals surface area contributed by atoms with Gasteiger partial charge in [0, 0.05) is 29.2 Å². The number of hydrogen-bond acceptors (Lipinski definition) is 1. The van der Waals surface area contributed by atoms with Gasteiger partial charge in [-0.25, -0.2) is 0 Å². The Hall–Kier alpha value is -6.12. The molecule has 2 nitrogen and oxygen atoms in total. The van der Waals surface area contributed by atoms with Crippen LogP contribution in [0, 0.1) is 0 Å². The molecular weight excluding hydrogens is 569 g/mol. The second-order valence-electron chi connectivity index (χ2n) is 11.8. The van der Waals surface area contributed by atoms with E-state index < -0.39 is 0 Å². The van der Waals surface area contributed by atoms with E-state index in [4.69, 9.17) is 0 Å². The average Bonchev–Trinajstić information content (AvgIpc) is 3.51. The Morgan fingerprint density at radius 3 is 1.68 bits per heavy atom. The Morgan fingerprint density at radius 2 is 0.979 bits per heavy atom. The molecule has 0 saturated carbocycles. The van der Waals surface area contributed by atoms with E-state index in [1.807, 2.05) is 43.4 Å². The van der Waals surface area contributed by atoms with Gasteiger partial charge < -0.3 is 9.88 Å². The predicted molar refractivity (Wildman–Crippen MR) is 203 cm³/mol. The van der Waals surface area contributed by atoms with Crippen LogP contribution in [0.4, 0.5) is 5.69 Å². The summed E-state index contributed by atoms with van der Waals surface area (Å²) in [6.45, 7) is 0. The van der Waals surface area contributed by atoms with Crippen LogP contribution in [0.3, 0.4) is 0 Å². The summed E-state index contributed by atoms with van der Waals surface area (Å²) in [6, 6.07) is 65.0. The highest BCUT2D eigenvalue weighted by Gasteiger charge is 2.18. The van der Waals surface area contributed by atoms with Gasteiger partial charge in [-0.05, 0) is 80.2 Å². The van der Waals surface area contributed by atoms with Crippen molar-refractivity contribution < 1.29 is 0 Å². The molecule has 0 unspecified atom stereocenters. The van der Waals surface area contributed by atoms with Crippen LogP contribution in [0.1, 0.15) is 0 Å². The molecule has 0 aliphatic carbocycles. The number of fused-ring (bicyclic) bond motifs is 6. The number of nitrogens with zero attached hydrogens (tertiary/aromatic N) is 1. The summed E-state index contributed by atoms with van der Waals surface area (Å²) in [7, 11) is 1.95. The molecule has 2 heteroatoms. The lowest BCUT2D eigenvalue weighted by molar-refractivity contribution is 1.19. The number of hydrogen-bond donors (Lipinski definition) is 1. The molecule has 0 saturated heterocycles. The smallest absolute Gasteiger partial charge is 0.0547 e. The highest BCUT2D eigenvalue weighted by molar-refractivity contribution is 6.25. The first-order chi connectivity index (χ1) is 23.3. The summed E-state index contributed by atoms with van der Waals surface area (Å²) in [5.41, 5.74) is 9.64. The molecule has 0 bridgehead atoms. The SMILES string of the molecule is CNc1ccc(-c2ccc(-c3cccc4c3c3c5ccccc5ccc3n4-c3ccc4ccccc4c3)cc2)cc1.c1ccccc1. The summed E-state index contributed by atoms with van der Waals surface area (Å²) in [5.74, 6) is 0. The molecule has 224 valence electrons. The highest BCUT2D eigenvalue weighted by Crippen LogP contribution is 2.42. The summed E-state index contributed by atoms with van der Waals surface area (Å²) in [6.07, 6.45) is 0. The van der Waals surface area contributed by atoms with Crippen molar-refractivity contribution in [3.63, 3.8) is 0 Å². The number of nitrogens with one attached hydrogen (secondary N) is 1. The van der Waals surface area contributed by atoms with Gasteiger partial charge in [-0.15, -0.1) is 0 Å². The molecule has 0 atom stereocenters. The Kier molecular flexibility index (Phi) is 7.45. The standard InChI is InChI=1S/C39H28N2.C6H6/c1-40-32-21-17-28(18-22-32)27-13-15-30(16-14-27)35-11-6-12-36-38(35)39-34-10-5-4-8-29(34)20-24-37(39)41(36)33-23-19-26-7-2-3-9-31(26)25-33;1-2-4-6-5-3-1/h2-25,40H,1H3;1-6H. The molecule has 0 radical (unpaired) electrons. The van der Waals surface area contributed by atoms with Gasteiger partial charge in [0.2, 0.25) is 0 Å². The van der Waals surface area contributed by atoms with Crippen molar-refractivity contribution in [3.05, 3.63) is 182 Å². The van der Waals surface area contributed by atoms with Crippen LogP contribution < -0.4 is 5.32 Å². The van der Waals surface area contributed by atoms with E-state index in [9.17, 15) is 0 Å². The van der Waals surface area contributed by atoms with Gasteiger partial charge in [-0.1, -0.05) is 146 Å². The lowest BCUT2D eigenvalue weighted by atomic mass is 9.95. The quantitative estimate of drug-likeness (QED) is 0.212. The molecule has 9 rings (SSSR count). The number of anilines is 1. The van der Waals surface area contributed by atoms with E-state index in [-0.39, 0.29) is 0 Å². The summed E-state index contributed by atoms with van der Waals surface area (Å²) >= 11 is 0. The lowest BCUT2D eigenvalue weighted by Crippen LogP contribution is -1.94. The molecule has 0 amide bonds. The largest absolute Gasteiger partial charge is 0.388 e. The van der Waals surface area contributed by atoms with E-state index in [2.05, 4.69) is 155 Å². The van der Waals surface area contributed by atoms with E-state index >= 15 is 0 Å². The molecule has 1 aromatic heterocycles. The van der Waals surface area contributed by atoms with Gasteiger partial charge in [0.05, 0.1) is 11.0 Å². The van der Waals surface area contributed by atoms with Crippen molar-refractivity contribution in [2.75, 3.05) is 12.4 Å². The molecule has 0 spiro atoms. The second kappa shape index (κ2) is 12.3. The van der Waals surface area contributed by atoms with Crippen LogP contribution >= 0.6 is 0 Å². The van der Waals surface area contributed by atoms with Crippen LogP contribution in [0.2, 0.25) is 0 Å². The maximum Gasteiger partial charge on any atom is 0.0547 e. The zero-order valence-corrected chi connectivity index (χ0v) is 26.3. The monoisotopic (exact) mass is 602 g/mol. The normalized spacial score (nSPS) is 11.1. The average molecular weight is 603 g/mol. The Balaban J connectivity index is 0.000000489. The maximum absolute atomic E-state index is 3.20. The number of benzene rings is 8. The van der Waals surface area contributed by atoms with Gasteiger partial charge in [0.25, 0.3) is 0 Å². The van der Waals surface area contributed by atoms with E-state index in [1.54, 1.807) is 0 Å². The molecule has 0 fully saturated rings. The number of aromatic nitrogens is 1. The van der Waals surface area contributed by atoms with Crippen molar-refractivity contribution in [1.82, 2.24) is 4.57 Å². The fourth-order valence-corrected chi connectivity index (χ4v) is 6.72. The summed E-state index contributed by atoms with van der Waals surface area (Å²) < 4.78 is 2.44. The third-order valence-electron chi connectivity index (χ3n) is 9.04. The maximum atomic E-state index is 3.20.